The van der Waals surface area contributed by atoms with Crippen LogP contribution in [0.25, 0.3) is 10.8 Å². The van der Waals surface area contributed by atoms with Gasteiger partial charge < -0.3 is 4.74 Å². The van der Waals surface area contributed by atoms with Crippen LogP contribution in [0, 0.1) is 0 Å². The monoisotopic (exact) mass is 418 g/mol. The summed E-state index contributed by atoms with van der Waals surface area (Å²) in [5.41, 5.74) is 0.639. The maximum atomic E-state index is 12.1. The van der Waals surface area contributed by atoms with E-state index in [2.05, 4.69) is 31.9 Å². The number of fused-ring (bicyclic) bond motifs is 1. The van der Waals surface area contributed by atoms with E-state index in [1.54, 1.807) is 12.1 Å². The van der Waals surface area contributed by atoms with Crippen LogP contribution in [-0.2, 0) is 0 Å². The third-order valence-electron chi connectivity index (χ3n) is 3.35. The molecule has 0 heterocycles. The van der Waals surface area contributed by atoms with E-state index in [0.717, 1.165) is 19.7 Å². The Morgan fingerprint density at radius 3 is 2.41 bits per heavy atom. The predicted octanol–water partition coefficient (Wildman–Crippen LogP) is 5.63. The normalized spacial score (nSPS) is 10.6. The Morgan fingerprint density at radius 2 is 1.64 bits per heavy atom. The minimum absolute atomic E-state index is 0.0125. The number of hydrogen-bond donors (Lipinski definition) is 0. The van der Waals surface area contributed by atoms with Gasteiger partial charge in [-0.15, -0.1) is 0 Å². The summed E-state index contributed by atoms with van der Waals surface area (Å²) in [4.78, 5) is 12.1. The zero-order valence-electron chi connectivity index (χ0n) is 11.6. The summed E-state index contributed by atoms with van der Waals surface area (Å²) in [7, 11) is 0. The molecule has 0 saturated carbocycles. The van der Waals surface area contributed by atoms with Crippen molar-refractivity contribution in [2.45, 2.75) is 0 Å². The number of rotatable bonds is 4. The standard InChI is InChI=1S/C18H12Br2O2/c19-14-8-5-13(6-9-14)16(21)11-22-17-10-7-12-3-1-2-4-15(12)18(17)20/h1-10H,11H2. The summed E-state index contributed by atoms with van der Waals surface area (Å²) < 4.78 is 7.50. The third-order valence-corrected chi connectivity index (χ3v) is 4.70. The molecule has 3 rings (SSSR count). The topological polar surface area (TPSA) is 26.3 Å². The quantitative estimate of drug-likeness (QED) is 0.512. The van der Waals surface area contributed by atoms with Gasteiger partial charge in [-0.05, 0) is 44.9 Å². The van der Waals surface area contributed by atoms with Crippen LogP contribution in [0.2, 0.25) is 0 Å². The maximum absolute atomic E-state index is 12.1. The summed E-state index contributed by atoms with van der Waals surface area (Å²) in [6.07, 6.45) is 0. The zero-order valence-corrected chi connectivity index (χ0v) is 14.7. The number of Topliss-reactive ketones (excluding diaryl/α,β-unsaturated/α-hetero) is 1. The molecule has 0 aliphatic carbocycles. The van der Waals surface area contributed by atoms with Crippen molar-refractivity contribution in [1.29, 1.82) is 0 Å². The van der Waals surface area contributed by atoms with E-state index in [-0.39, 0.29) is 12.4 Å². The van der Waals surface area contributed by atoms with Crippen molar-refractivity contribution in [3.05, 3.63) is 75.2 Å². The lowest BCUT2D eigenvalue weighted by molar-refractivity contribution is 0.0921. The lowest BCUT2D eigenvalue weighted by Crippen LogP contribution is -2.11. The summed E-state index contributed by atoms with van der Waals surface area (Å²) >= 11 is 6.91. The molecule has 110 valence electrons. The number of hydrogen-bond acceptors (Lipinski definition) is 2. The van der Waals surface area contributed by atoms with Gasteiger partial charge in [0.1, 0.15) is 5.75 Å². The van der Waals surface area contributed by atoms with Gasteiger partial charge in [-0.25, -0.2) is 0 Å². The molecule has 0 saturated heterocycles. The molecule has 3 aromatic rings. The molecule has 0 unspecified atom stereocenters. The van der Waals surface area contributed by atoms with Crippen molar-refractivity contribution in [2.75, 3.05) is 6.61 Å². The smallest absolute Gasteiger partial charge is 0.200 e. The van der Waals surface area contributed by atoms with Gasteiger partial charge in [0, 0.05) is 10.0 Å². The molecule has 3 aromatic carbocycles. The Kier molecular flexibility index (Phi) is 4.60. The number of benzene rings is 3. The molecule has 0 bridgehead atoms. The summed E-state index contributed by atoms with van der Waals surface area (Å²) in [6, 6.07) is 19.1. The van der Waals surface area contributed by atoms with Crippen LogP contribution in [0.4, 0.5) is 0 Å². The van der Waals surface area contributed by atoms with Gasteiger partial charge >= 0.3 is 0 Å². The van der Waals surface area contributed by atoms with E-state index in [4.69, 9.17) is 4.74 Å². The first-order valence-electron chi connectivity index (χ1n) is 6.74. The molecule has 0 radical (unpaired) electrons. The fourth-order valence-electron chi connectivity index (χ4n) is 2.19. The molecular formula is C18H12Br2O2. The fourth-order valence-corrected chi connectivity index (χ4v) is 3.06. The van der Waals surface area contributed by atoms with Crippen LogP contribution in [0.5, 0.6) is 5.75 Å². The molecule has 0 aliphatic heterocycles. The number of carbonyl (C=O) groups excluding carboxylic acids is 1. The highest BCUT2D eigenvalue weighted by Crippen LogP contribution is 2.33. The predicted molar refractivity (Wildman–Crippen MR) is 95.6 cm³/mol. The molecule has 0 N–H and O–H groups in total. The van der Waals surface area contributed by atoms with Crippen molar-refractivity contribution in [3.63, 3.8) is 0 Å². The van der Waals surface area contributed by atoms with Crippen LogP contribution in [0.15, 0.2) is 69.6 Å². The van der Waals surface area contributed by atoms with Crippen molar-refractivity contribution < 1.29 is 9.53 Å². The first kappa shape index (κ1) is 15.3. The molecule has 22 heavy (non-hydrogen) atoms. The average molecular weight is 420 g/mol. The molecule has 0 aliphatic rings. The third kappa shape index (κ3) is 3.23. The van der Waals surface area contributed by atoms with E-state index in [1.807, 2.05) is 48.5 Å². The van der Waals surface area contributed by atoms with Gasteiger partial charge in [-0.2, -0.15) is 0 Å². The van der Waals surface area contributed by atoms with Gasteiger partial charge in [0.25, 0.3) is 0 Å². The van der Waals surface area contributed by atoms with Crippen molar-refractivity contribution in [3.8, 4) is 5.75 Å². The maximum Gasteiger partial charge on any atom is 0.200 e. The highest BCUT2D eigenvalue weighted by molar-refractivity contribution is 9.11. The second kappa shape index (κ2) is 6.63. The van der Waals surface area contributed by atoms with E-state index < -0.39 is 0 Å². The number of ketones is 1. The molecule has 0 amide bonds. The lowest BCUT2D eigenvalue weighted by atomic mass is 10.1. The van der Waals surface area contributed by atoms with Crippen LogP contribution in [0.1, 0.15) is 10.4 Å². The minimum atomic E-state index is -0.0486. The molecule has 0 fully saturated rings. The van der Waals surface area contributed by atoms with E-state index >= 15 is 0 Å². The zero-order chi connectivity index (χ0) is 15.5. The Bertz CT molecular complexity index is 826. The number of carbonyl (C=O) groups is 1. The number of halogens is 2. The first-order valence-corrected chi connectivity index (χ1v) is 8.32. The van der Waals surface area contributed by atoms with Gasteiger partial charge in [-0.3, -0.25) is 4.79 Å². The van der Waals surface area contributed by atoms with Gasteiger partial charge in [0.2, 0.25) is 0 Å². The van der Waals surface area contributed by atoms with Crippen LogP contribution in [-0.4, -0.2) is 12.4 Å². The molecule has 0 spiro atoms. The Morgan fingerprint density at radius 1 is 0.909 bits per heavy atom. The second-order valence-electron chi connectivity index (χ2n) is 4.82. The summed E-state index contributed by atoms with van der Waals surface area (Å²) in [5, 5.41) is 2.19. The van der Waals surface area contributed by atoms with Crippen LogP contribution >= 0.6 is 31.9 Å². The lowest BCUT2D eigenvalue weighted by Gasteiger charge is -2.10. The largest absolute Gasteiger partial charge is 0.484 e. The van der Waals surface area contributed by atoms with Crippen LogP contribution < -0.4 is 4.74 Å². The van der Waals surface area contributed by atoms with Crippen molar-refractivity contribution in [2.24, 2.45) is 0 Å². The Hall–Kier alpha value is -1.65. The van der Waals surface area contributed by atoms with Crippen LogP contribution in [0.3, 0.4) is 0 Å². The summed E-state index contributed by atoms with van der Waals surface area (Å²) in [6.45, 7) is 0.0125. The average Bonchev–Trinajstić information content (AvgIpc) is 2.55. The summed E-state index contributed by atoms with van der Waals surface area (Å²) in [5.74, 6) is 0.622. The second-order valence-corrected chi connectivity index (χ2v) is 6.53. The number of ether oxygens (including phenoxy) is 1. The molecule has 4 heteroatoms. The Balaban J connectivity index is 1.77. The molecular weight excluding hydrogens is 408 g/mol. The molecule has 2 nitrogen and oxygen atoms in total. The fraction of sp³-hybridized carbons (Fsp3) is 0.0556. The van der Waals surface area contributed by atoms with E-state index in [1.165, 1.54) is 0 Å². The molecule has 0 aromatic heterocycles. The van der Waals surface area contributed by atoms with E-state index in [9.17, 15) is 4.79 Å². The van der Waals surface area contributed by atoms with Crippen molar-refractivity contribution >= 4 is 48.4 Å². The Labute approximate surface area is 145 Å². The van der Waals surface area contributed by atoms with Gasteiger partial charge in [0.05, 0.1) is 4.47 Å². The minimum Gasteiger partial charge on any atom is -0.484 e. The highest BCUT2D eigenvalue weighted by Gasteiger charge is 2.10. The molecule has 0 atom stereocenters. The van der Waals surface area contributed by atoms with E-state index in [0.29, 0.717) is 11.3 Å². The van der Waals surface area contributed by atoms with Gasteiger partial charge in [-0.1, -0.05) is 58.4 Å². The highest BCUT2D eigenvalue weighted by atomic mass is 79.9. The van der Waals surface area contributed by atoms with Crippen molar-refractivity contribution in [1.82, 2.24) is 0 Å². The first-order chi connectivity index (χ1) is 10.6. The van der Waals surface area contributed by atoms with Gasteiger partial charge in [0.15, 0.2) is 12.4 Å². The SMILES string of the molecule is O=C(COc1ccc2ccccc2c1Br)c1ccc(Br)cc1.